The molecule has 2 aromatic heterocycles. The Kier molecular flexibility index (Phi) is 1.46. The molecule has 0 atom stereocenters. The van der Waals surface area contributed by atoms with Gasteiger partial charge in [0.05, 0.1) is 12.4 Å². The van der Waals surface area contributed by atoms with E-state index in [-0.39, 0.29) is 0 Å². The van der Waals surface area contributed by atoms with E-state index in [1.807, 2.05) is 31.0 Å². The Balaban J connectivity index is 2.55. The third-order valence-corrected chi connectivity index (χ3v) is 2.04. The lowest BCUT2D eigenvalue weighted by Gasteiger charge is -1.95. The molecule has 0 radical (unpaired) electrons. The molecule has 62 valence electrons. The SMILES string of the molecule is Cc1c(-c2cn[nH]c2)cnn1C. The first-order valence-electron chi connectivity index (χ1n) is 3.77. The predicted molar refractivity (Wildman–Crippen MR) is 45.5 cm³/mol. The summed E-state index contributed by atoms with van der Waals surface area (Å²) >= 11 is 0. The van der Waals surface area contributed by atoms with E-state index in [0.717, 1.165) is 16.8 Å². The zero-order valence-corrected chi connectivity index (χ0v) is 7.07. The van der Waals surface area contributed by atoms with Crippen LogP contribution in [0.5, 0.6) is 0 Å². The molecule has 12 heavy (non-hydrogen) atoms. The van der Waals surface area contributed by atoms with Gasteiger partial charge in [0.25, 0.3) is 0 Å². The second-order valence-electron chi connectivity index (χ2n) is 2.75. The zero-order chi connectivity index (χ0) is 8.55. The van der Waals surface area contributed by atoms with E-state index >= 15 is 0 Å². The van der Waals surface area contributed by atoms with Gasteiger partial charge in [-0.3, -0.25) is 9.78 Å². The fourth-order valence-corrected chi connectivity index (χ4v) is 1.18. The summed E-state index contributed by atoms with van der Waals surface area (Å²) in [7, 11) is 1.93. The lowest BCUT2D eigenvalue weighted by Crippen LogP contribution is -1.92. The van der Waals surface area contributed by atoms with Gasteiger partial charge in [-0.15, -0.1) is 0 Å². The van der Waals surface area contributed by atoms with Crippen LogP contribution in [0.4, 0.5) is 0 Å². The second-order valence-corrected chi connectivity index (χ2v) is 2.75. The van der Waals surface area contributed by atoms with Crippen molar-refractivity contribution in [2.75, 3.05) is 0 Å². The van der Waals surface area contributed by atoms with Crippen molar-refractivity contribution in [3.05, 3.63) is 24.3 Å². The van der Waals surface area contributed by atoms with Crippen molar-refractivity contribution in [3.63, 3.8) is 0 Å². The van der Waals surface area contributed by atoms with E-state index in [4.69, 9.17) is 0 Å². The Morgan fingerprint density at radius 1 is 1.42 bits per heavy atom. The minimum Gasteiger partial charge on any atom is -0.285 e. The van der Waals surface area contributed by atoms with Gasteiger partial charge in [0.1, 0.15) is 0 Å². The fourth-order valence-electron chi connectivity index (χ4n) is 1.18. The molecule has 2 aromatic rings. The van der Waals surface area contributed by atoms with Crippen LogP contribution in [0.25, 0.3) is 11.1 Å². The summed E-state index contributed by atoms with van der Waals surface area (Å²) in [5.41, 5.74) is 3.36. The Morgan fingerprint density at radius 2 is 2.25 bits per heavy atom. The summed E-state index contributed by atoms with van der Waals surface area (Å²) in [4.78, 5) is 0. The van der Waals surface area contributed by atoms with Crippen LogP contribution in [-0.4, -0.2) is 20.0 Å². The normalized spacial score (nSPS) is 10.5. The number of aryl methyl sites for hydroxylation is 1. The monoisotopic (exact) mass is 162 g/mol. The first kappa shape index (κ1) is 7.09. The van der Waals surface area contributed by atoms with E-state index in [9.17, 15) is 0 Å². The summed E-state index contributed by atoms with van der Waals surface area (Å²) in [6.45, 7) is 2.04. The van der Waals surface area contributed by atoms with Crippen molar-refractivity contribution >= 4 is 0 Å². The highest BCUT2D eigenvalue weighted by atomic mass is 15.3. The maximum Gasteiger partial charge on any atom is 0.0572 e. The van der Waals surface area contributed by atoms with Crippen LogP contribution in [-0.2, 0) is 7.05 Å². The van der Waals surface area contributed by atoms with Crippen molar-refractivity contribution in [2.24, 2.45) is 7.05 Å². The Bertz CT molecular complexity index is 372. The van der Waals surface area contributed by atoms with Gasteiger partial charge in [-0.25, -0.2) is 0 Å². The molecule has 0 amide bonds. The van der Waals surface area contributed by atoms with Crippen molar-refractivity contribution in [3.8, 4) is 11.1 Å². The van der Waals surface area contributed by atoms with Crippen molar-refractivity contribution in [1.29, 1.82) is 0 Å². The van der Waals surface area contributed by atoms with Gasteiger partial charge in [-0.2, -0.15) is 10.2 Å². The van der Waals surface area contributed by atoms with Gasteiger partial charge in [0.15, 0.2) is 0 Å². The highest BCUT2D eigenvalue weighted by molar-refractivity contribution is 5.63. The summed E-state index contributed by atoms with van der Waals surface area (Å²) in [5, 5.41) is 10.8. The van der Waals surface area contributed by atoms with Gasteiger partial charge in [-0.1, -0.05) is 0 Å². The minimum atomic E-state index is 1.08. The van der Waals surface area contributed by atoms with Crippen molar-refractivity contribution in [1.82, 2.24) is 20.0 Å². The van der Waals surface area contributed by atoms with Gasteiger partial charge < -0.3 is 0 Å². The van der Waals surface area contributed by atoms with Crippen molar-refractivity contribution in [2.45, 2.75) is 6.92 Å². The minimum absolute atomic E-state index is 1.08. The Morgan fingerprint density at radius 3 is 2.75 bits per heavy atom. The molecule has 4 heteroatoms. The Labute approximate surface area is 70.2 Å². The molecule has 0 fully saturated rings. The maximum atomic E-state index is 4.15. The lowest BCUT2D eigenvalue weighted by molar-refractivity contribution is 0.740. The third-order valence-electron chi connectivity index (χ3n) is 2.04. The quantitative estimate of drug-likeness (QED) is 0.683. The van der Waals surface area contributed by atoms with E-state index in [2.05, 4.69) is 15.3 Å². The van der Waals surface area contributed by atoms with Crippen LogP contribution in [0.3, 0.4) is 0 Å². The molecule has 0 aliphatic rings. The topological polar surface area (TPSA) is 46.5 Å². The number of nitrogens with one attached hydrogen (secondary N) is 1. The molecule has 0 aromatic carbocycles. The number of hydrogen-bond donors (Lipinski definition) is 1. The van der Waals surface area contributed by atoms with E-state index in [1.54, 1.807) is 6.20 Å². The van der Waals surface area contributed by atoms with E-state index in [1.165, 1.54) is 0 Å². The highest BCUT2D eigenvalue weighted by Gasteiger charge is 2.05. The molecule has 1 N–H and O–H groups in total. The van der Waals surface area contributed by atoms with Crippen LogP contribution in [0.1, 0.15) is 5.69 Å². The summed E-state index contributed by atoms with van der Waals surface area (Å²) in [6.07, 6.45) is 5.51. The van der Waals surface area contributed by atoms with Crippen LogP contribution in [0, 0.1) is 6.92 Å². The number of aromatic nitrogens is 4. The van der Waals surface area contributed by atoms with Gasteiger partial charge in [0, 0.05) is 30.1 Å². The molecule has 2 heterocycles. The van der Waals surface area contributed by atoms with Crippen LogP contribution < -0.4 is 0 Å². The molecule has 0 bridgehead atoms. The average molecular weight is 162 g/mol. The number of rotatable bonds is 1. The largest absolute Gasteiger partial charge is 0.285 e. The first-order chi connectivity index (χ1) is 5.79. The van der Waals surface area contributed by atoms with E-state index < -0.39 is 0 Å². The lowest BCUT2D eigenvalue weighted by atomic mass is 10.1. The molecule has 0 aliphatic heterocycles. The molecular formula is C8H10N4. The van der Waals surface area contributed by atoms with Gasteiger partial charge in [0.2, 0.25) is 0 Å². The average Bonchev–Trinajstić information content (AvgIpc) is 2.64. The number of aromatic amines is 1. The molecule has 0 unspecified atom stereocenters. The van der Waals surface area contributed by atoms with Crippen LogP contribution in [0.2, 0.25) is 0 Å². The zero-order valence-electron chi connectivity index (χ0n) is 7.07. The van der Waals surface area contributed by atoms with Gasteiger partial charge in [-0.05, 0) is 6.92 Å². The van der Waals surface area contributed by atoms with Crippen LogP contribution in [0.15, 0.2) is 18.6 Å². The standard InChI is InChI=1S/C8H10N4/c1-6-8(5-11-12(6)2)7-3-9-10-4-7/h3-5H,1-2H3,(H,9,10). The molecule has 0 spiro atoms. The highest BCUT2D eigenvalue weighted by Crippen LogP contribution is 2.20. The first-order valence-corrected chi connectivity index (χ1v) is 3.77. The molecule has 0 aliphatic carbocycles. The smallest absolute Gasteiger partial charge is 0.0572 e. The van der Waals surface area contributed by atoms with E-state index in [0.29, 0.717) is 0 Å². The fraction of sp³-hybridized carbons (Fsp3) is 0.250. The van der Waals surface area contributed by atoms with Crippen LogP contribution >= 0.6 is 0 Å². The summed E-state index contributed by atoms with van der Waals surface area (Å²) < 4.78 is 1.85. The molecule has 2 rings (SSSR count). The van der Waals surface area contributed by atoms with Crippen molar-refractivity contribution < 1.29 is 0 Å². The molecule has 0 saturated carbocycles. The molecular weight excluding hydrogens is 152 g/mol. The molecule has 4 nitrogen and oxygen atoms in total. The number of nitrogens with zero attached hydrogens (tertiary/aromatic N) is 3. The predicted octanol–water partition coefficient (Wildman–Crippen LogP) is 1.12. The third kappa shape index (κ3) is 0.922. The number of H-pyrrole nitrogens is 1. The summed E-state index contributed by atoms with van der Waals surface area (Å²) in [5.74, 6) is 0. The van der Waals surface area contributed by atoms with Gasteiger partial charge >= 0.3 is 0 Å². The Hall–Kier alpha value is -1.58. The maximum absolute atomic E-state index is 4.15. The number of hydrogen-bond acceptors (Lipinski definition) is 2. The second kappa shape index (κ2) is 2.48. The summed E-state index contributed by atoms with van der Waals surface area (Å²) in [6, 6.07) is 0. The molecule has 0 saturated heterocycles.